The molecule has 2 atom stereocenters. The zero-order chi connectivity index (χ0) is 18.1. The fourth-order valence-corrected chi connectivity index (χ4v) is 3.67. The highest BCUT2D eigenvalue weighted by Crippen LogP contribution is 2.39. The van der Waals surface area contributed by atoms with Gasteiger partial charge in [-0.2, -0.15) is 4.98 Å². The van der Waals surface area contributed by atoms with Crippen molar-refractivity contribution in [2.24, 2.45) is 0 Å². The molecular formula is C20H20FN3O2. The van der Waals surface area contributed by atoms with E-state index in [1.807, 2.05) is 30.3 Å². The third-order valence-corrected chi connectivity index (χ3v) is 4.91. The molecule has 1 saturated heterocycles. The van der Waals surface area contributed by atoms with Crippen molar-refractivity contribution in [3.63, 3.8) is 0 Å². The van der Waals surface area contributed by atoms with Crippen molar-refractivity contribution >= 4 is 0 Å². The van der Waals surface area contributed by atoms with Crippen molar-refractivity contribution < 1.29 is 14.0 Å². The first kappa shape index (κ1) is 16.9. The Balaban J connectivity index is 1.69. The molecule has 6 heteroatoms. The molecule has 3 aromatic rings. The summed E-state index contributed by atoms with van der Waals surface area (Å²) >= 11 is 0. The summed E-state index contributed by atoms with van der Waals surface area (Å²) in [4.78, 5) is 6.46. The summed E-state index contributed by atoms with van der Waals surface area (Å²) < 4.78 is 19.7. The Morgan fingerprint density at radius 3 is 2.58 bits per heavy atom. The van der Waals surface area contributed by atoms with Crippen molar-refractivity contribution in [3.05, 3.63) is 83.3 Å². The summed E-state index contributed by atoms with van der Waals surface area (Å²) in [5, 5.41) is 15.0. The summed E-state index contributed by atoms with van der Waals surface area (Å²) in [6.45, 7) is 2.65. The number of benzene rings is 2. The average Bonchev–Trinajstić information content (AvgIpc) is 3.24. The van der Waals surface area contributed by atoms with Crippen LogP contribution >= 0.6 is 0 Å². The predicted octanol–water partition coefficient (Wildman–Crippen LogP) is 3.20. The second-order valence-corrected chi connectivity index (χ2v) is 6.72. The molecule has 0 bridgehead atoms. The normalized spacial score (nSPS) is 21.8. The van der Waals surface area contributed by atoms with E-state index in [0.717, 1.165) is 5.56 Å². The van der Waals surface area contributed by atoms with Crippen molar-refractivity contribution in [3.8, 4) is 0 Å². The Hall–Kier alpha value is -2.57. The minimum absolute atomic E-state index is 0.279. The van der Waals surface area contributed by atoms with Crippen LogP contribution in [0, 0.1) is 12.7 Å². The van der Waals surface area contributed by atoms with Gasteiger partial charge in [0, 0.05) is 18.7 Å². The molecule has 2 unspecified atom stereocenters. The molecule has 0 saturated carbocycles. The molecule has 5 nitrogen and oxygen atoms in total. The molecule has 1 aliphatic heterocycles. The number of nitrogens with zero attached hydrogens (tertiary/aromatic N) is 3. The van der Waals surface area contributed by atoms with Gasteiger partial charge >= 0.3 is 0 Å². The van der Waals surface area contributed by atoms with Crippen molar-refractivity contribution in [1.29, 1.82) is 0 Å². The van der Waals surface area contributed by atoms with Crippen molar-refractivity contribution in [1.82, 2.24) is 15.0 Å². The minimum Gasteiger partial charge on any atom is -0.384 e. The van der Waals surface area contributed by atoms with Gasteiger partial charge in [-0.15, -0.1) is 0 Å². The molecule has 4 rings (SSSR count). The quantitative estimate of drug-likeness (QED) is 0.780. The third-order valence-electron chi connectivity index (χ3n) is 4.91. The van der Waals surface area contributed by atoms with E-state index >= 15 is 0 Å². The van der Waals surface area contributed by atoms with E-state index in [1.165, 1.54) is 6.07 Å². The molecule has 1 N–H and O–H groups in total. The number of aryl methyl sites for hydroxylation is 1. The molecule has 134 valence electrons. The Kier molecular flexibility index (Phi) is 4.30. The second kappa shape index (κ2) is 6.63. The van der Waals surface area contributed by atoms with Crippen LogP contribution in [0.15, 0.2) is 59.1 Å². The number of aliphatic hydroxyl groups is 1. The van der Waals surface area contributed by atoms with Gasteiger partial charge in [0.05, 0.1) is 0 Å². The predicted molar refractivity (Wildman–Crippen MR) is 93.8 cm³/mol. The van der Waals surface area contributed by atoms with E-state index in [-0.39, 0.29) is 18.4 Å². The van der Waals surface area contributed by atoms with E-state index in [9.17, 15) is 9.50 Å². The van der Waals surface area contributed by atoms with Gasteiger partial charge in [-0.05, 0) is 25.0 Å². The molecule has 0 aliphatic carbocycles. The van der Waals surface area contributed by atoms with Crippen LogP contribution in [0.25, 0.3) is 0 Å². The van der Waals surface area contributed by atoms with Crippen LogP contribution in [-0.4, -0.2) is 33.2 Å². The Labute approximate surface area is 151 Å². The number of aromatic nitrogens is 2. The van der Waals surface area contributed by atoms with Gasteiger partial charge in [-0.1, -0.05) is 53.7 Å². The van der Waals surface area contributed by atoms with Crippen LogP contribution in [0.4, 0.5) is 4.39 Å². The topological polar surface area (TPSA) is 62.4 Å². The van der Waals surface area contributed by atoms with Gasteiger partial charge in [0.2, 0.25) is 5.89 Å². The SMILES string of the molecule is Cc1noc(C(c2ccccc2)N2CCC(O)(c3ccccc3F)C2)n1. The minimum atomic E-state index is -1.24. The fourth-order valence-electron chi connectivity index (χ4n) is 3.67. The first-order valence-corrected chi connectivity index (χ1v) is 8.63. The largest absolute Gasteiger partial charge is 0.384 e. The van der Waals surface area contributed by atoms with E-state index in [2.05, 4.69) is 15.0 Å². The molecule has 26 heavy (non-hydrogen) atoms. The monoisotopic (exact) mass is 353 g/mol. The van der Waals surface area contributed by atoms with Gasteiger partial charge in [0.15, 0.2) is 5.82 Å². The van der Waals surface area contributed by atoms with Crippen LogP contribution in [-0.2, 0) is 5.60 Å². The zero-order valence-electron chi connectivity index (χ0n) is 14.5. The van der Waals surface area contributed by atoms with Crippen molar-refractivity contribution in [2.45, 2.75) is 25.0 Å². The molecule has 2 aromatic carbocycles. The maximum atomic E-state index is 14.2. The summed E-state index contributed by atoms with van der Waals surface area (Å²) in [7, 11) is 0. The van der Waals surface area contributed by atoms with E-state index in [4.69, 9.17) is 4.52 Å². The summed E-state index contributed by atoms with van der Waals surface area (Å²) in [5.74, 6) is 0.651. The van der Waals surface area contributed by atoms with E-state index in [0.29, 0.717) is 30.2 Å². The maximum Gasteiger partial charge on any atom is 0.248 e. The summed E-state index contributed by atoms with van der Waals surface area (Å²) in [5.41, 5.74) is 0.0814. The second-order valence-electron chi connectivity index (χ2n) is 6.72. The van der Waals surface area contributed by atoms with E-state index in [1.54, 1.807) is 25.1 Å². The van der Waals surface area contributed by atoms with Crippen LogP contribution in [0.1, 0.15) is 35.3 Å². The number of halogens is 1. The van der Waals surface area contributed by atoms with Crippen LogP contribution < -0.4 is 0 Å². The highest BCUT2D eigenvalue weighted by Gasteiger charge is 2.43. The number of hydrogen-bond acceptors (Lipinski definition) is 5. The van der Waals surface area contributed by atoms with Crippen LogP contribution in [0.3, 0.4) is 0 Å². The highest BCUT2D eigenvalue weighted by molar-refractivity contribution is 5.29. The lowest BCUT2D eigenvalue weighted by Gasteiger charge is -2.28. The van der Waals surface area contributed by atoms with Crippen LogP contribution in [0.2, 0.25) is 0 Å². The first-order valence-electron chi connectivity index (χ1n) is 8.63. The number of likely N-dealkylation sites (tertiary alicyclic amines) is 1. The number of β-amino-alcohol motifs (C(OH)–C–C–N with tert-alkyl or cyclic N) is 1. The lowest BCUT2D eigenvalue weighted by Crippen LogP contribution is -2.34. The van der Waals surface area contributed by atoms with Crippen LogP contribution in [0.5, 0.6) is 0 Å². The lowest BCUT2D eigenvalue weighted by atomic mass is 9.92. The Morgan fingerprint density at radius 1 is 1.15 bits per heavy atom. The standard InChI is InChI=1S/C20H20FN3O2/c1-14-22-19(26-23-14)18(15-7-3-2-4-8-15)24-12-11-20(25,13-24)16-9-5-6-10-17(16)21/h2-10,18,25H,11-13H2,1H3. The smallest absolute Gasteiger partial charge is 0.248 e. The highest BCUT2D eigenvalue weighted by atomic mass is 19.1. The fraction of sp³-hybridized carbons (Fsp3) is 0.300. The molecule has 1 aromatic heterocycles. The molecule has 1 fully saturated rings. The zero-order valence-corrected chi connectivity index (χ0v) is 14.5. The molecular weight excluding hydrogens is 333 g/mol. The van der Waals surface area contributed by atoms with Gasteiger partial charge in [0.25, 0.3) is 0 Å². The number of rotatable bonds is 4. The summed E-state index contributed by atoms with van der Waals surface area (Å²) in [6, 6.07) is 15.9. The van der Waals surface area contributed by atoms with Gasteiger partial charge in [-0.25, -0.2) is 4.39 Å². The van der Waals surface area contributed by atoms with Crippen molar-refractivity contribution in [2.75, 3.05) is 13.1 Å². The van der Waals surface area contributed by atoms with Gasteiger partial charge in [0.1, 0.15) is 17.5 Å². The van der Waals surface area contributed by atoms with Gasteiger partial charge < -0.3 is 9.63 Å². The first-order chi connectivity index (χ1) is 12.6. The Bertz CT molecular complexity index is 899. The number of hydrogen-bond donors (Lipinski definition) is 1. The summed E-state index contributed by atoms with van der Waals surface area (Å²) in [6.07, 6.45) is 0.435. The third kappa shape index (κ3) is 3.02. The van der Waals surface area contributed by atoms with E-state index < -0.39 is 5.60 Å². The molecule has 0 spiro atoms. The molecule has 2 heterocycles. The molecule has 0 amide bonds. The maximum absolute atomic E-state index is 14.2. The van der Waals surface area contributed by atoms with Gasteiger partial charge in [-0.3, -0.25) is 4.90 Å². The molecule has 0 radical (unpaired) electrons. The lowest BCUT2D eigenvalue weighted by molar-refractivity contribution is 0.0374. The molecule has 1 aliphatic rings. The average molecular weight is 353 g/mol. The Morgan fingerprint density at radius 2 is 1.88 bits per heavy atom.